The van der Waals surface area contributed by atoms with E-state index in [1.54, 1.807) is 6.20 Å². The number of amides is 3. The van der Waals surface area contributed by atoms with Gasteiger partial charge < -0.3 is 15.3 Å². The van der Waals surface area contributed by atoms with Gasteiger partial charge in [-0.25, -0.2) is 4.98 Å². The lowest BCUT2D eigenvalue weighted by Crippen LogP contribution is -2.52. The average molecular weight is 394 g/mol. The fourth-order valence-electron chi connectivity index (χ4n) is 3.68. The molecule has 29 heavy (non-hydrogen) atoms. The van der Waals surface area contributed by atoms with Crippen molar-refractivity contribution in [3.8, 4) is 11.1 Å². The molecule has 2 aliphatic rings. The molecular weight excluding hydrogens is 372 g/mol. The van der Waals surface area contributed by atoms with Crippen molar-refractivity contribution in [2.75, 3.05) is 11.9 Å². The van der Waals surface area contributed by atoms with Gasteiger partial charge >= 0.3 is 0 Å². The van der Waals surface area contributed by atoms with Crippen molar-refractivity contribution in [3.63, 3.8) is 0 Å². The smallest absolute Gasteiger partial charge is 0.255 e. The zero-order valence-corrected chi connectivity index (χ0v) is 16.0. The molecule has 2 aromatic rings. The quantitative estimate of drug-likeness (QED) is 0.659. The predicted molar refractivity (Wildman–Crippen MR) is 106 cm³/mol. The summed E-state index contributed by atoms with van der Waals surface area (Å²) in [5, 5.41) is 14.5. The molecule has 0 saturated carbocycles. The minimum Gasteiger partial charge on any atom is -0.394 e. The summed E-state index contributed by atoms with van der Waals surface area (Å²) in [5.74, 6) is -0.237. The second kappa shape index (κ2) is 7.63. The Hall–Kier alpha value is -3.26. The SMILES string of the molecule is C[C@@H](CO)Nc1ccc(-c2ccc3c(c2)C(=O)N(C2CCC(=O)NC2=O)C3)cn1. The number of nitrogens with one attached hydrogen (secondary N) is 2. The first-order valence-corrected chi connectivity index (χ1v) is 9.57. The van der Waals surface area contributed by atoms with E-state index in [-0.39, 0.29) is 30.9 Å². The van der Waals surface area contributed by atoms with Crippen LogP contribution in [0.15, 0.2) is 36.5 Å². The summed E-state index contributed by atoms with van der Waals surface area (Å²) in [6, 6.07) is 8.67. The number of anilines is 1. The van der Waals surface area contributed by atoms with Gasteiger partial charge in [0.15, 0.2) is 0 Å². The number of benzene rings is 1. The Labute approximate surface area is 167 Å². The van der Waals surface area contributed by atoms with Crippen molar-refractivity contribution in [2.24, 2.45) is 0 Å². The minimum atomic E-state index is -0.614. The highest BCUT2D eigenvalue weighted by atomic mass is 16.3. The number of pyridine rings is 1. The molecule has 4 rings (SSSR count). The van der Waals surface area contributed by atoms with Crippen LogP contribution in [-0.2, 0) is 16.1 Å². The topological polar surface area (TPSA) is 112 Å². The molecule has 1 unspecified atom stereocenters. The number of nitrogens with zero attached hydrogens (tertiary/aromatic N) is 2. The first-order valence-electron chi connectivity index (χ1n) is 9.57. The summed E-state index contributed by atoms with van der Waals surface area (Å²) in [6.07, 6.45) is 2.30. The number of aliphatic hydroxyl groups excluding tert-OH is 1. The standard InChI is InChI=1S/C21H22N4O4/c1-12(11-26)23-18-6-4-14(9-22-18)13-2-3-15-10-25(21(29)16(15)8-13)17-5-7-19(27)24-20(17)28/h2-4,6,8-9,12,17,26H,5,7,10-11H2,1H3,(H,22,23)(H,24,27,28)/t12-,17?/m0/s1. The Balaban J connectivity index is 1.54. The molecule has 3 heterocycles. The zero-order valence-electron chi connectivity index (χ0n) is 16.0. The van der Waals surface area contributed by atoms with E-state index >= 15 is 0 Å². The monoisotopic (exact) mass is 394 g/mol. The van der Waals surface area contributed by atoms with E-state index in [1.807, 2.05) is 37.3 Å². The predicted octanol–water partition coefficient (Wildman–Crippen LogP) is 1.30. The van der Waals surface area contributed by atoms with Gasteiger partial charge in [0.1, 0.15) is 11.9 Å². The Morgan fingerprint density at radius 3 is 2.72 bits per heavy atom. The van der Waals surface area contributed by atoms with E-state index in [4.69, 9.17) is 5.11 Å². The Morgan fingerprint density at radius 2 is 2.03 bits per heavy atom. The molecule has 1 fully saturated rings. The number of aromatic nitrogens is 1. The fourth-order valence-corrected chi connectivity index (χ4v) is 3.68. The molecule has 0 aliphatic carbocycles. The molecule has 0 radical (unpaired) electrons. The third-order valence-corrected chi connectivity index (χ3v) is 5.29. The van der Waals surface area contributed by atoms with E-state index in [0.29, 0.717) is 24.3 Å². The summed E-state index contributed by atoms with van der Waals surface area (Å²) < 4.78 is 0. The van der Waals surface area contributed by atoms with Gasteiger partial charge in [-0.15, -0.1) is 0 Å². The maximum absolute atomic E-state index is 12.9. The highest BCUT2D eigenvalue weighted by molar-refractivity contribution is 6.05. The van der Waals surface area contributed by atoms with Crippen LogP contribution in [0.5, 0.6) is 0 Å². The molecular formula is C21H22N4O4. The van der Waals surface area contributed by atoms with Gasteiger partial charge in [-0.05, 0) is 42.7 Å². The summed E-state index contributed by atoms with van der Waals surface area (Å²) >= 11 is 0. The van der Waals surface area contributed by atoms with Gasteiger partial charge in [0.2, 0.25) is 11.8 Å². The first-order chi connectivity index (χ1) is 14.0. The second-order valence-corrected chi connectivity index (χ2v) is 7.43. The number of piperidine rings is 1. The molecule has 1 saturated heterocycles. The van der Waals surface area contributed by atoms with Gasteiger partial charge in [-0.1, -0.05) is 12.1 Å². The summed E-state index contributed by atoms with van der Waals surface area (Å²) in [5.41, 5.74) is 3.16. The molecule has 0 bridgehead atoms. The molecule has 0 spiro atoms. The van der Waals surface area contributed by atoms with Gasteiger partial charge in [0, 0.05) is 36.3 Å². The number of hydrogen-bond donors (Lipinski definition) is 3. The summed E-state index contributed by atoms with van der Waals surface area (Å²) in [6.45, 7) is 2.23. The number of hydrogen-bond acceptors (Lipinski definition) is 6. The van der Waals surface area contributed by atoms with Crippen LogP contribution < -0.4 is 10.6 Å². The van der Waals surface area contributed by atoms with Crippen LogP contribution in [0, 0.1) is 0 Å². The molecule has 3 N–H and O–H groups in total. The Bertz CT molecular complexity index is 973. The molecule has 8 heteroatoms. The lowest BCUT2D eigenvalue weighted by molar-refractivity contribution is -0.136. The van der Waals surface area contributed by atoms with Crippen LogP contribution in [0.3, 0.4) is 0 Å². The number of aliphatic hydroxyl groups is 1. The maximum atomic E-state index is 12.9. The lowest BCUT2D eigenvalue weighted by Gasteiger charge is -2.29. The number of carbonyl (C=O) groups excluding carboxylic acids is 3. The molecule has 2 atom stereocenters. The number of imide groups is 1. The first kappa shape index (κ1) is 19.1. The fraction of sp³-hybridized carbons (Fsp3) is 0.333. The van der Waals surface area contributed by atoms with Gasteiger partial charge in [-0.2, -0.15) is 0 Å². The van der Waals surface area contributed by atoms with Gasteiger partial charge in [-0.3, -0.25) is 19.7 Å². The molecule has 2 aliphatic heterocycles. The van der Waals surface area contributed by atoms with Crippen LogP contribution in [0.1, 0.15) is 35.7 Å². The van der Waals surface area contributed by atoms with Crippen LogP contribution in [0.4, 0.5) is 5.82 Å². The van der Waals surface area contributed by atoms with Gasteiger partial charge in [0.05, 0.1) is 6.61 Å². The Morgan fingerprint density at radius 1 is 1.24 bits per heavy atom. The summed E-state index contributed by atoms with van der Waals surface area (Å²) in [4.78, 5) is 42.4. The molecule has 8 nitrogen and oxygen atoms in total. The van der Waals surface area contributed by atoms with Crippen LogP contribution in [-0.4, -0.2) is 51.4 Å². The average Bonchev–Trinajstić information content (AvgIpc) is 3.04. The maximum Gasteiger partial charge on any atom is 0.255 e. The van der Waals surface area contributed by atoms with E-state index in [0.717, 1.165) is 16.7 Å². The molecule has 1 aromatic carbocycles. The molecule has 150 valence electrons. The second-order valence-electron chi connectivity index (χ2n) is 7.43. The summed E-state index contributed by atoms with van der Waals surface area (Å²) in [7, 11) is 0. The highest BCUT2D eigenvalue weighted by Crippen LogP contribution is 2.31. The van der Waals surface area contributed by atoms with E-state index in [1.165, 1.54) is 4.90 Å². The molecule has 1 aromatic heterocycles. The van der Waals surface area contributed by atoms with Crippen molar-refractivity contribution in [3.05, 3.63) is 47.7 Å². The third-order valence-electron chi connectivity index (χ3n) is 5.29. The largest absolute Gasteiger partial charge is 0.394 e. The van der Waals surface area contributed by atoms with Crippen molar-refractivity contribution in [1.82, 2.24) is 15.2 Å². The lowest BCUT2D eigenvalue weighted by atomic mass is 10.0. The van der Waals surface area contributed by atoms with Crippen molar-refractivity contribution >= 4 is 23.5 Å². The normalized spacial score (nSPS) is 19.7. The van der Waals surface area contributed by atoms with Crippen molar-refractivity contribution < 1.29 is 19.5 Å². The van der Waals surface area contributed by atoms with Crippen molar-refractivity contribution in [1.29, 1.82) is 0 Å². The highest BCUT2D eigenvalue weighted by Gasteiger charge is 2.39. The minimum absolute atomic E-state index is 0.0139. The van der Waals surface area contributed by atoms with E-state index in [9.17, 15) is 14.4 Å². The molecule has 3 amide bonds. The van der Waals surface area contributed by atoms with E-state index in [2.05, 4.69) is 15.6 Å². The number of carbonyl (C=O) groups is 3. The van der Waals surface area contributed by atoms with Crippen molar-refractivity contribution in [2.45, 2.75) is 38.4 Å². The van der Waals surface area contributed by atoms with Crippen LogP contribution in [0.2, 0.25) is 0 Å². The van der Waals surface area contributed by atoms with Gasteiger partial charge in [0.25, 0.3) is 5.91 Å². The number of fused-ring (bicyclic) bond motifs is 1. The Kier molecular flexibility index (Phi) is 5.02. The van der Waals surface area contributed by atoms with Crippen LogP contribution >= 0.6 is 0 Å². The van der Waals surface area contributed by atoms with E-state index < -0.39 is 11.9 Å². The zero-order chi connectivity index (χ0) is 20.5. The third kappa shape index (κ3) is 3.71. The van der Waals surface area contributed by atoms with Crippen LogP contribution in [0.25, 0.3) is 11.1 Å². The number of rotatable bonds is 5.